The first kappa shape index (κ1) is 18.5. The number of benzene rings is 1. The molecular weight excluding hydrogens is 294 g/mol. The van der Waals surface area contributed by atoms with Gasteiger partial charge in [-0.3, -0.25) is 0 Å². The Morgan fingerprint density at radius 1 is 0.917 bits per heavy atom. The molecule has 0 aliphatic carbocycles. The molecule has 64 valence electrons. The van der Waals surface area contributed by atoms with Gasteiger partial charge in [0.1, 0.15) is 0 Å². The Kier molecular flexibility index (Phi) is 15.2. The molecule has 0 unspecified atom stereocenters. The summed E-state index contributed by atoms with van der Waals surface area (Å²) in [5.74, 6) is 0. The van der Waals surface area contributed by atoms with E-state index in [1.165, 1.54) is 5.69 Å². The maximum Gasteiger partial charge on any atom is 2.00 e. The second-order valence-electron chi connectivity index (χ2n) is 2.23. The predicted octanol–water partition coefficient (Wildman–Crippen LogP) is -4.62. The Balaban J connectivity index is -0.000000270. The molecule has 0 saturated heterocycles. The van der Waals surface area contributed by atoms with Crippen molar-refractivity contribution in [2.45, 2.75) is 0 Å². The molecule has 1 aromatic rings. The topological polar surface area (TPSA) is 3.24 Å². The van der Waals surface area contributed by atoms with E-state index in [4.69, 9.17) is 0 Å². The van der Waals surface area contributed by atoms with Crippen LogP contribution < -0.4 is 38.9 Å². The molecule has 1 aromatic carbocycles. The molecule has 0 spiro atoms. The Morgan fingerprint density at radius 2 is 1.33 bits per heavy atom. The Labute approximate surface area is 111 Å². The number of hydrogen-bond acceptors (Lipinski definition) is 1. The van der Waals surface area contributed by atoms with Gasteiger partial charge in [0, 0.05) is 19.8 Å². The van der Waals surface area contributed by atoms with Crippen molar-refractivity contribution in [3.63, 3.8) is 0 Å². The Bertz CT molecular complexity index is 180. The molecule has 4 heteroatoms. The molecule has 1 nitrogen and oxygen atoms in total. The molecule has 0 atom stereocenters. The van der Waals surface area contributed by atoms with Crippen LogP contribution in [0, 0.1) is 0 Å². The van der Waals surface area contributed by atoms with Gasteiger partial charge in [0.25, 0.3) is 0 Å². The molecule has 0 N–H and O–H groups in total. The predicted molar refractivity (Wildman–Crippen MR) is 46.5 cm³/mol. The van der Waals surface area contributed by atoms with Crippen LogP contribution in [0.25, 0.3) is 0 Å². The van der Waals surface area contributed by atoms with Gasteiger partial charge in [-0.15, -0.1) is 0 Å². The zero-order valence-corrected chi connectivity index (χ0v) is 11.9. The Hall–Kier alpha value is 0.746. The smallest absolute Gasteiger partial charge is 1.00 e. The summed E-state index contributed by atoms with van der Waals surface area (Å²) in [6.07, 6.45) is 0. The summed E-state index contributed by atoms with van der Waals surface area (Å²) in [6, 6.07) is 10.3. The molecule has 0 aromatic heterocycles. The van der Waals surface area contributed by atoms with E-state index in [2.05, 4.69) is 17.0 Å². The zero-order valence-electron chi connectivity index (χ0n) is 7.30. The van der Waals surface area contributed by atoms with Crippen LogP contribution in [-0.2, 0) is 0 Å². The summed E-state index contributed by atoms with van der Waals surface area (Å²) in [5.41, 5.74) is 1.25. The SMILES string of the molecule is CN(C)c1ccccc1.[Br-].[Br-].[Mg+2]. The normalized spacial score (nSPS) is 6.83. The summed E-state index contributed by atoms with van der Waals surface area (Å²) < 4.78 is 0. The first-order valence-corrected chi connectivity index (χ1v) is 3.03. The van der Waals surface area contributed by atoms with Crippen molar-refractivity contribution >= 4 is 28.7 Å². The maximum atomic E-state index is 2.08. The van der Waals surface area contributed by atoms with Crippen molar-refractivity contribution in [1.29, 1.82) is 0 Å². The number of rotatable bonds is 1. The monoisotopic (exact) mass is 303 g/mol. The second kappa shape index (κ2) is 9.83. The third-order valence-electron chi connectivity index (χ3n) is 1.27. The van der Waals surface area contributed by atoms with E-state index in [-0.39, 0.29) is 57.0 Å². The molecule has 0 aliphatic heterocycles. The van der Waals surface area contributed by atoms with Crippen molar-refractivity contribution in [2.24, 2.45) is 0 Å². The fraction of sp³-hybridized carbons (Fsp3) is 0.250. The molecule has 0 amide bonds. The molecule has 0 aliphatic rings. The van der Waals surface area contributed by atoms with Gasteiger partial charge in [-0.2, -0.15) is 0 Å². The largest absolute Gasteiger partial charge is 2.00 e. The number of hydrogen-bond donors (Lipinski definition) is 0. The Morgan fingerprint density at radius 3 is 1.58 bits per heavy atom. The van der Waals surface area contributed by atoms with Gasteiger partial charge in [0.2, 0.25) is 0 Å². The van der Waals surface area contributed by atoms with Crippen molar-refractivity contribution in [1.82, 2.24) is 0 Å². The van der Waals surface area contributed by atoms with Crippen LogP contribution in [0.1, 0.15) is 0 Å². The molecule has 0 bridgehead atoms. The zero-order chi connectivity index (χ0) is 6.69. The van der Waals surface area contributed by atoms with E-state index in [0.717, 1.165) is 0 Å². The minimum Gasteiger partial charge on any atom is -1.00 e. The van der Waals surface area contributed by atoms with Crippen molar-refractivity contribution in [2.75, 3.05) is 19.0 Å². The summed E-state index contributed by atoms with van der Waals surface area (Å²) in [6.45, 7) is 0. The fourth-order valence-corrected chi connectivity index (χ4v) is 0.726. The quantitative estimate of drug-likeness (QED) is 0.472. The molecule has 0 radical (unpaired) electrons. The summed E-state index contributed by atoms with van der Waals surface area (Å²) in [4.78, 5) is 2.08. The molecule has 1 rings (SSSR count). The van der Waals surface area contributed by atoms with Crippen LogP contribution in [0.4, 0.5) is 5.69 Å². The maximum absolute atomic E-state index is 2.08. The van der Waals surface area contributed by atoms with Gasteiger partial charge in [0.05, 0.1) is 0 Å². The van der Waals surface area contributed by atoms with E-state index in [1.807, 2.05) is 32.3 Å². The summed E-state index contributed by atoms with van der Waals surface area (Å²) in [5, 5.41) is 0. The van der Waals surface area contributed by atoms with Crippen molar-refractivity contribution < 1.29 is 34.0 Å². The van der Waals surface area contributed by atoms with E-state index in [1.54, 1.807) is 0 Å². The third kappa shape index (κ3) is 6.28. The van der Waals surface area contributed by atoms with Crippen LogP contribution in [0.5, 0.6) is 0 Å². The minimum atomic E-state index is 0. The van der Waals surface area contributed by atoms with Gasteiger partial charge in [-0.05, 0) is 12.1 Å². The average molecular weight is 305 g/mol. The summed E-state index contributed by atoms with van der Waals surface area (Å²) >= 11 is 0. The van der Waals surface area contributed by atoms with Crippen LogP contribution in [0.15, 0.2) is 30.3 Å². The van der Waals surface area contributed by atoms with Crippen LogP contribution in [0.2, 0.25) is 0 Å². The number of halogens is 2. The van der Waals surface area contributed by atoms with Gasteiger partial charge in [-0.1, -0.05) is 18.2 Å². The summed E-state index contributed by atoms with van der Waals surface area (Å²) in [7, 11) is 4.07. The van der Waals surface area contributed by atoms with Crippen LogP contribution in [-0.4, -0.2) is 37.1 Å². The van der Waals surface area contributed by atoms with E-state index >= 15 is 0 Å². The average Bonchev–Trinajstić information content (AvgIpc) is 1.90. The first-order valence-electron chi connectivity index (χ1n) is 3.03. The minimum absolute atomic E-state index is 0. The van der Waals surface area contributed by atoms with E-state index < -0.39 is 0 Å². The van der Waals surface area contributed by atoms with Crippen molar-refractivity contribution in [3.05, 3.63) is 30.3 Å². The van der Waals surface area contributed by atoms with Gasteiger partial charge >= 0.3 is 23.1 Å². The van der Waals surface area contributed by atoms with Gasteiger partial charge < -0.3 is 38.9 Å². The van der Waals surface area contributed by atoms with Crippen LogP contribution in [0.3, 0.4) is 0 Å². The molecular formula is C8H11Br2MgN. The van der Waals surface area contributed by atoms with E-state index in [9.17, 15) is 0 Å². The number of para-hydroxylation sites is 1. The molecule has 0 saturated carbocycles. The molecule has 12 heavy (non-hydrogen) atoms. The standard InChI is InChI=1S/C8H11N.2BrH.Mg/c1-9(2)8-6-4-3-5-7-8;;;/h3-7H,1-2H3;2*1H;/q;;;+2/p-2. The van der Waals surface area contributed by atoms with Crippen molar-refractivity contribution in [3.8, 4) is 0 Å². The van der Waals surface area contributed by atoms with E-state index in [0.29, 0.717) is 0 Å². The van der Waals surface area contributed by atoms with Crippen LogP contribution >= 0.6 is 0 Å². The second-order valence-corrected chi connectivity index (χ2v) is 2.23. The third-order valence-corrected chi connectivity index (χ3v) is 1.27. The molecule has 0 heterocycles. The van der Waals surface area contributed by atoms with Gasteiger partial charge in [-0.25, -0.2) is 0 Å². The van der Waals surface area contributed by atoms with Gasteiger partial charge in [0.15, 0.2) is 0 Å². The fourth-order valence-electron chi connectivity index (χ4n) is 0.726. The first-order chi connectivity index (χ1) is 4.30. The number of anilines is 1. The number of nitrogens with zero attached hydrogens (tertiary/aromatic N) is 1. The molecule has 0 fully saturated rings.